The lowest BCUT2D eigenvalue weighted by atomic mass is 9.95. The van der Waals surface area contributed by atoms with Gasteiger partial charge in [-0.3, -0.25) is 14.9 Å². The van der Waals surface area contributed by atoms with Crippen LogP contribution in [-0.2, 0) is 0 Å². The highest BCUT2D eigenvalue weighted by Gasteiger charge is 2.26. The molecule has 0 saturated heterocycles. The zero-order valence-corrected chi connectivity index (χ0v) is 11.0. The molecular weight excluding hydrogens is 244 g/mol. The summed E-state index contributed by atoms with van der Waals surface area (Å²) in [5, 5.41) is 10.8. The molecule has 0 unspecified atom stereocenters. The molecule has 1 heterocycles. The van der Waals surface area contributed by atoms with E-state index in [2.05, 4.69) is 4.98 Å². The van der Waals surface area contributed by atoms with Crippen LogP contribution in [0.25, 0.3) is 0 Å². The molecule has 0 aromatic carbocycles. The number of nitrogens with zero attached hydrogens (tertiary/aromatic N) is 1. The molecule has 94 valence electrons. The average Bonchev–Trinajstić information content (AvgIpc) is 2.14. The first-order valence-corrected chi connectivity index (χ1v) is 5.75. The Kier molecular flexibility index (Phi) is 3.93. The first-order valence-electron chi connectivity index (χ1n) is 5.37. The van der Waals surface area contributed by atoms with Crippen LogP contribution in [0.15, 0.2) is 4.79 Å². The van der Waals surface area contributed by atoms with Gasteiger partial charge in [-0.05, 0) is 11.8 Å². The molecule has 0 amide bonds. The van der Waals surface area contributed by atoms with Gasteiger partial charge >= 0.3 is 11.2 Å². The molecule has 0 aliphatic carbocycles. The molecule has 0 fully saturated rings. The van der Waals surface area contributed by atoms with Crippen LogP contribution in [-0.4, -0.2) is 9.91 Å². The van der Waals surface area contributed by atoms with Crippen molar-refractivity contribution in [2.24, 2.45) is 0 Å². The van der Waals surface area contributed by atoms with E-state index in [1.165, 1.54) is 0 Å². The third kappa shape index (κ3) is 2.49. The second-order valence-electron chi connectivity index (χ2n) is 4.51. The number of aromatic amines is 1. The van der Waals surface area contributed by atoms with Crippen LogP contribution in [0.4, 0.5) is 5.69 Å². The van der Waals surface area contributed by atoms with Gasteiger partial charge in [0.05, 0.1) is 4.92 Å². The van der Waals surface area contributed by atoms with Gasteiger partial charge in [0.2, 0.25) is 0 Å². The summed E-state index contributed by atoms with van der Waals surface area (Å²) >= 11 is 5.99. The second-order valence-corrected chi connectivity index (χ2v) is 4.89. The van der Waals surface area contributed by atoms with E-state index in [0.717, 1.165) is 0 Å². The SMILES string of the molecule is CC(C)c1[nH]c(=O)c([N+](=O)[O-])c(Cl)c1C(C)C. The van der Waals surface area contributed by atoms with Crippen LogP contribution in [0.1, 0.15) is 50.8 Å². The van der Waals surface area contributed by atoms with Crippen molar-refractivity contribution in [3.63, 3.8) is 0 Å². The topological polar surface area (TPSA) is 76.0 Å². The number of H-pyrrole nitrogens is 1. The van der Waals surface area contributed by atoms with Gasteiger partial charge < -0.3 is 4.98 Å². The number of hydrogen-bond donors (Lipinski definition) is 1. The number of rotatable bonds is 3. The summed E-state index contributed by atoms with van der Waals surface area (Å²) in [7, 11) is 0. The van der Waals surface area contributed by atoms with Crippen molar-refractivity contribution >= 4 is 17.3 Å². The minimum absolute atomic E-state index is 0.00968. The smallest absolute Gasteiger partial charge is 0.320 e. The monoisotopic (exact) mass is 258 g/mol. The van der Waals surface area contributed by atoms with E-state index in [1.54, 1.807) is 0 Å². The maximum absolute atomic E-state index is 11.6. The quantitative estimate of drug-likeness (QED) is 0.668. The summed E-state index contributed by atoms with van der Waals surface area (Å²) in [4.78, 5) is 24.2. The molecule has 0 spiro atoms. The normalized spacial score (nSPS) is 11.2. The number of nitrogens with one attached hydrogen (secondary N) is 1. The Morgan fingerprint density at radius 3 is 2.12 bits per heavy atom. The van der Waals surface area contributed by atoms with Crippen molar-refractivity contribution in [3.8, 4) is 0 Å². The van der Waals surface area contributed by atoms with Crippen molar-refractivity contribution in [2.45, 2.75) is 39.5 Å². The maximum atomic E-state index is 11.6. The van der Waals surface area contributed by atoms with Gasteiger partial charge in [0.15, 0.2) is 0 Å². The van der Waals surface area contributed by atoms with Crippen LogP contribution in [0.2, 0.25) is 5.02 Å². The van der Waals surface area contributed by atoms with Crippen LogP contribution >= 0.6 is 11.6 Å². The summed E-state index contributed by atoms with van der Waals surface area (Å²) in [5.41, 5.74) is 0.00133. The van der Waals surface area contributed by atoms with Gasteiger partial charge in [-0.25, -0.2) is 0 Å². The Bertz CT molecular complexity index is 506. The largest absolute Gasteiger partial charge is 0.352 e. The summed E-state index contributed by atoms with van der Waals surface area (Å²) in [5.74, 6) is 0.0638. The molecule has 1 N–H and O–H groups in total. The molecule has 0 atom stereocenters. The zero-order valence-electron chi connectivity index (χ0n) is 10.2. The number of nitro groups is 1. The van der Waals surface area contributed by atoms with E-state index in [1.807, 2.05) is 27.7 Å². The summed E-state index contributed by atoms with van der Waals surface area (Å²) in [6, 6.07) is 0. The molecule has 5 nitrogen and oxygen atoms in total. The fraction of sp³-hybridized carbons (Fsp3) is 0.545. The van der Waals surface area contributed by atoms with Gasteiger partial charge in [-0.15, -0.1) is 0 Å². The molecule has 1 rings (SSSR count). The van der Waals surface area contributed by atoms with E-state index in [-0.39, 0.29) is 16.9 Å². The second kappa shape index (κ2) is 4.87. The fourth-order valence-corrected chi connectivity index (χ4v) is 2.25. The first kappa shape index (κ1) is 13.7. The van der Waals surface area contributed by atoms with Crippen molar-refractivity contribution in [1.82, 2.24) is 4.98 Å². The lowest BCUT2D eigenvalue weighted by molar-refractivity contribution is -0.386. The molecule has 17 heavy (non-hydrogen) atoms. The Balaban J connectivity index is 3.70. The number of pyridine rings is 1. The molecule has 6 heteroatoms. The molecule has 0 aliphatic heterocycles. The van der Waals surface area contributed by atoms with Crippen molar-refractivity contribution < 1.29 is 4.92 Å². The molecule has 1 aromatic heterocycles. The summed E-state index contributed by atoms with van der Waals surface area (Å²) in [6.07, 6.45) is 0. The van der Waals surface area contributed by atoms with Gasteiger partial charge in [-0.2, -0.15) is 0 Å². The molecule has 0 radical (unpaired) electrons. The van der Waals surface area contributed by atoms with Crippen LogP contribution in [0.3, 0.4) is 0 Å². The van der Waals surface area contributed by atoms with Crippen LogP contribution < -0.4 is 5.56 Å². The Hall–Kier alpha value is -1.36. The molecule has 1 aromatic rings. The minimum atomic E-state index is -0.742. The summed E-state index contributed by atoms with van der Waals surface area (Å²) < 4.78 is 0. The van der Waals surface area contributed by atoms with Crippen LogP contribution in [0.5, 0.6) is 0 Å². The standard InChI is InChI=1S/C11H15ClN2O3/c1-5(2)7-8(12)10(14(16)17)11(15)13-9(7)6(3)4/h5-6H,1-4H3,(H,13,15). The Labute approximate surface area is 104 Å². The van der Waals surface area contributed by atoms with Crippen molar-refractivity contribution in [2.75, 3.05) is 0 Å². The zero-order chi connectivity index (χ0) is 13.3. The highest BCUT2D eigenvalue weighted by molar-refractivity contribution is 6.33. The first-order chi connectivity index (χ1) is 7.77. The Morgan fingerprint density at radius 1 is 1.24 bits per heavy atom. The lowest BCUT2D eigenvalue weighted by Gasteiger charge is -2.16. The average molecular weight is 259 g/mol. The molecule has 0 saturated carbocycles. The third-order valence-corrected chi connectivity index (χ3v) is 2.92. The van der Waals surface area contributed by atoms with Crippen LogP contribution in [0, 0.1) is 10.1 Å². The highest BCUT2D eigenvalue weighted by atomic mass is 35.5. The lowest BCUT2D eigenvalue weighted by Crippen LogP contribution is -2.18. The fourth-order valence-electron chi connectivity index (χ4n) is 1.78. The number of halogens is 1. The number of aromatic nitrogens is 1. The van der Waals surface area contributed by atoms with E-state index in [0.29, 0.717) is 11.3 Å². The van der Waals surface area contributed by atoms with E-state index >= 15 is 0 Å². The molecule has 0 bridgehead atoms. The van der Waals surface area contributed by atoms with Gasteiger partial charge in [0.25, 0.3) is 0 Å². The molecular formula is C11H15ClN2O3. The van der Waals surface area contributed by atoms with Gasteiger partial charge in [-0.1, -0.05) is 39.3 Å². The van der Waals surface area contributed by atoms with Crippen molar-refractivity contribution in [1.29, 1.82) is 0 Å². The predicted molar refractivity (Wildman–Crippen MR) is 66.9 cm³/mol. The maximum Gasteiger partial charge on any atom is 0.352 e. The third-order valence-electron chi connectivity index (χ3n) is 2.54. The van der Waals surface area contributed by atoms with E-state index in [9.17, 15) is 14.9 Å². The van der Waals surface area contributed by atoms with Gasteiger partial charge in [0, 0.05) is 11.3 Å². The van der Waals surface area contributed by atoms with Crippen molar-refractivity contribution in [3.05, 3.63) is 36.7 Å². The highest BCUT2D eigenvalue weighted by Crippen LogP contribution is 2.34. The summed E-state index contributed by atoms with van der Waals surface area (Å²) in [6.45, 7) is 7.57. The minimum Gasteiger partial charge on any atom is -0.320 e. The molecule has 0 aliphatic rings. The number of hydrogen-bond acceptors (Lipinski definition) is 3. The Morgan fingerprint density at radius 2 is 1.76 bits per heavy atom. The predicted octanol–water partition coefficient (Wildman–Crippen LogP) is 3.18. The van der Waals surface area contributed by atoms with Gasteiger partial charge in [0.1, 0.15) is 5.02 Å². The van der Waals surface area contributed by atoms with E-state index < -0.39 is 16.2 Å². The van der Waals surface area contributed by atoms with E-state index in [4.69, 9.17) is 11.6 Å².